The van der Waals surface area contributed by atoms with Crippen molar-refractivity contribution >= 4 is 17.1 Å². The van der Waals surface area contributed by atoms with Crippen molar-refractivity contribution in [1.82, 2.24) is 0 Å². The third-order valence-electron chi connectivity index (χ3n) is 8.05. The Kier molecular flexibility index (Phi) is 5.94. The van der Waals surface area contributed by atoms with Crippen LogP contribution in [0.4, 0.5) is 17.1 Å². The van der Waals surface area contributed by atoms with Gasteiger partial charge in [-0.2, -0.15) is 0 Å². The number of para-hydroxylation sites is 1. The van der Waals surface area contributed by atoms with Gasteiger partial charge in [-0.15, -0.1) is 0 Å². The summed E-state index contributed by atoms with van der Waals surface area (Å²) in [5.41, 5.74) is 10.5. The first-order valence-electron chi connectivity index (χ1n) is 13.7. The molecule has 0 amide bonds. The molecule has 0 fully saturated rings. The molecule has 0 heterocycles. The normalized spacial score (nSPS) is 12.8. The molecule has 0 bridgehead atoms. The Morgan fingerprint density at radius 2 is 0.950 bits per heavy atom. The Balaban J connectivity index is 1.52. The number of ether oxygens (including phenoxy) is 1. The van der Waals surface area contributed by atoms with Crippen molar-refractivity contribution in [3.05, 3.63) is 180 Å². The summed E-state index contributed by atoms with van der Waals surface area (Å²) in [5, 5.41) is 0. The van der Waals surface area contributed by atoms with Crippen molar-refractivity contribution in [2.45, 2.75) is 5.41 Å². The van der Waals surface area contributed by atoms with Crippen molar-refractivity contribution in [1.29, 1.82) is 0 Å². The van der Waals surface area contributed by atoms with Crippen molar-refractivity contribution in [2.24, 2.45) is 0 Å². The van der Waals surface area contributed by atoms with E-state index in [1.165, 1.54) is 33.4 Å². The molecule has 1 aliphatic rings. The fourth-order valence-electron chi connectivity index (χ4n) is 6.33. The lowest BCUT2D eigenvalue weighted by atomic mass is 9.67. The van der Waals surface area contributed by atoms with Gasteiger partial charge in [0.2, 0.25) is 0 Å². The van der Waals surface area contributed by atoms with E-state index >= 15 is 0 Å². The van der Waals surface area contributed by atoms with Gasteiger partial charge in [-0.25, -0.2) is 0 Å². The van der Waals surface area contributed by atoms with E-state index in [0.29, 0.717) is 0 Å². The fourth-order valence-corrected chi connectivity index (χ4v) is 6.33. The van der Waals surface area contributed by atoms with Crippen molar-refractivity contribution in [3.8, 4) is 16.9 Å². The topological polar surface area (TPSA) is 12.5 Å². The first-order chi connectivity index (χ1) is 19.8. The molecule has 6 aromatic carbocycles. The van der Waals surface area contributed by atoms with Crippen LogP contribution in [0.25, 0.3) is 11.1 Å². The zero-order valence-corrected chi connectivity index (χ0v) is 22.4. The first-order valence-corrected chi connectivity index (χ1v) is 13.7. The van der Waals surface area contributed by atoms with Crippen LogP contribution in [0.3, 0.4) is 0 Å². The summed E-state index contributed by atoms with van der Waals surface area (Å²) < 4.78 is 5.46. The number of hydrogen-bond donors (Lipinski definition) is 0. The summed E-state index contributed by atoms with van der Waals surface area (Å²) in [6.07, 6.45) is 0. The fraction of sp³-hybridized carbons (Fsp3) is 0.0526. The highest BCUT2D eigenvalue weighted by Gasteiger charge is 2.46. The molecule has 192 valence electrons. The summed E-state index contributed by atoms with van der Waals surface area (Å²) in [4.78, 5) is 2.32. The molecule has 40 heavy (non-hydrogen) atoms. The molecular weight excluding hydrogens is 486 g/mol. The van der Waals surface area contributed by atoms with E-state index in [1.54, 1.807) is 7.11 Å². The van der Waals surface area contributed by atoms with Crippen LogP contribution in [0, 0.1) is 0 Å². The summed E-state index contributed by atoms with van der Waals surface area (Å²) >= 11 is 0. The van der Waals surface area contributed by atoms with E-state index in [-0.39, 0.29) is 0 Å². The minimum atomic E-state index is -0.438. The lowest BCUT2D eigenvalue weighted by molar-refractivity contribution is 0.415. The predicted octanol–water partition coefficient (Wildman–Crippen LogP) is 9.53. The molecule has 2 nitrogen and oxygen atoms in total. The summed E-state index contributed by atoms with van der Waals surface area (Å²) in [5.74, 6) is 0.841. The van der Waals surface area contributed by atoms with E-state index < -0.39 is 5.41 Å². The third kappa shape index (κ3) is 3.72. The van der Waals surface area contributed by atoms with E-state index in [1.807, 2.05) is 12.1 Å². The highest BCUT2D eigenvalue weighted by molar-refractivity contribution is 5.89. The molecular formula is C38H29NO. The van der Waals surface area contributed by atoms with Crippen LogP contribution < -0.4 is 9.64 Å². The SMILES string of the molecule is COc1ccc(N(c2ccccc2)c2ccc3c(c2)C(c2ccccc2)(c2ccccc2)c2ccccc2-3)cc1. The first kappa shape index (κ1) is 24.0. The Morgan fingerprint density at radius 3 is 1.57 bits per heavy atom. The zero-order chi connectivity index (χ0) is 26.9. The van der Waals surface area contributed by atoms with Crippen LogP contribution in [0.2, 0.25) is 0 Å². The van der Waals surface area contributed by atoms with Crippen LogP contribution in [0.15, 0.2) is 158 Å². The second kappa shape index (κ2) is 9.91. The third-order valence-corrected chi connectivity index (χ3v) is 8.05. The van der Waals surface area contributed by atoms with Gasteiger partial charge >= 0.3 is 0 Å². The number of hydrogen-bond acceptors (Lipinski definition) is 2. The van der Waals surface area contributed by atoms with Gasteiger partial charge in [0.05, 0.1) is 12.5 Å². The lowest BCUT2D eigenvalue weighted by Crippen LogP contribution is -2.28. The highest BCUT2D eigenvalue weighted by Crippen LogP contribution is 2.57. The number of anilines is 3. The Labute approximate surface area is 235 Å². The van der Waals surface area contributed by atoms with Gasteiger partial charge in [-0.3, -0.25) is 0 Å². The maximum absolute atomic E-state index is 5.46. The van der Waals surface area contributed by atoms with Gasteiger partial charge in [0.15, 0.2) is 0 Å². The molecule has 2 heteroatoms. The van der Waals surface area contributed by atoms with Crippen LogP contribution in [-0.2, 0) is 5.41 Å². The second-order valence-corrected chi connectivity index (χ2v) is 10.1. The maximum atomic E-state index is 5.46. The van der Waals surface area contributed by atoms with E-state index in [2.05, 4.69) is 150 Å². The molecule has 0 saturated heterocycles. The molecule has 0 atom stereocenters. The molecule has 1 aliphatic carbocycles. The number of fused-ring (bicyclic) bond motifs is 3. The van der Waals surface area contributed by atoms with Gasteiger partial charge in [-0.1, -0.05) is 109 Å². The highest BCUT2D eigenvalue weighted by atomic mass is 16.5. The summed E-state index contributed by atoms with van der Waals surface area (Å²) in [6.45, 7) is 0. The molecule has 0 spiro atoms. The molecule has 7 rings (SSSR count). The van der Waals surface area contributed by atoms with E-state index in [4.69, 9.17) is 4.74 Å². The largest absolute Gasteiger partial charge is 0.497 e. The molecule has 0 radical (unpaired) electrons. The number of nitrogens with zero attached hydrogens (tertiary/aromatic N) is 1. The van der Waals surface area contributed by atoms with Crippen LogP contribution in [0.1, 0.15) is 22.3 Å². The molecule has 0 saturated carbocycles. The molecule has 0 unspecified atom stereocenters. The van der Waals surface area contributed by atoms with Gasteiger partial charge in [0, 0.05) is 17.1 Å². The summed E-state index contributed by atoms with van der Waals surface area (Å²) in [6, 6.07) is 56.5. The quantitative estimate of drug-likeness (QED) is 0.219. The van der Waals surface area contributed by atoms with Crippen molar-refractivity contribution < 1.29 is 4.74 Å². The minimum Gasteiger partial charge on any atom is -0.497 e. The Bertz CT molecular complexity index is 1720. The average Bonchev–Trinajstić information content (AvgIpc) is 3.33. The molecule has 0 N–H and O–H groups in total. The number of methoxy groups -OCH3 is 1. The van der Waals surface area contributed by atoms with Crippen LogP contribution in [-0.4, -0.2) is 7.11 Å². The Morgan fingerprint density at radius 1 is 0.450 bits per heavy atom. The monoisotopic (exact) mass is 515 g/mol. The predicted molar refractivity (Wildman–Crippen MR) is 165 cm³/mol. The minimum absolute atomic E-state index is 0.438. The second-order valence-electron chi connectivity index (χ2n) is 10.1. The number of benzene rings is 6. The lowest BCUT2D eigenvalue weighted by Gasteiger charge is -2.35. The van der Waals surface area contributed by atoms with Crippen LogP contribution in [0.5, 0.6) is 5.75 Å². The standard InChI is InChI=1S/C38H29NO/c1-40-33-24-21-31(22-25-33)39(30-17-9-4-10-18-30)32-23-26-35-34-19-11-12-20-36(34)38(37(35)27-32,28-13-5-2-6-14-28)29-15-7-3-8-16-29/h2-27H,1H3. The zero-order valence-electron chi connectivity index (χ0n) is 22.4. The van der Waals surface area contributed by atoms with Gasteiger partial charge in [0.1, 0.15) is 5.75 Å². The average molecular weight is 516 g/mol. The van der Waals surface area contributed by atoms with Gasteiger partial charge in [0.25, 0.3) is 0 Å². The van der Waals surface area contributed by atoms with Crippen molar-refractivity contribution in [3.63, 3.8) is 0 Å². The molecule has 6 aromatic rings. The summed E-state index contributed by atoms with van der Waals surface area (Å²) in [7, 11) is 1.70. The molecule has 0 aromatic heterocycles. The smallest absolute Gasteiger partial charge is 0.119 e. The maximum Gasteiger partial charge on any atom is 0.119 e. The van der Waals surface area contributed by atoms with Crippen LogP contribution >= 0.6 is 0 Å². The molecule has 0 aliphatic heterocycles. The van der Waals surface area contributed by atoms with Gasteiger partial charge in [-0.05, 0) is 81.9 Å². The van der Waals surface area contributed by atoms with E-state index in [0.717, 1.165) is 22.8 Å². The van der Waals surface area contributed by atoms with E-state index in [9.17, 15) is 0 Å². The Hall–Kier alpha value is -5.08. The van der Waals surface area contributed by atoms with Crippen molar-refractivity contribution in [2.75, 3.05) is 12.0 Å². The number of rotatable bonds is 6. The van der Waals surface area contributed by atoms with Gasteiger partial charge < -0.3 is 9.64 Å².